The number of aryl methyl sites for hydroxylation is 1. The second-order valence-corrected chi connectivity index (χ2v) is 4.27. The summed E-state index contributed by atoms with van der Waals surface area (Å²) in [6, 6.07) is 7.43. The monoisotopic (exact) mass is 244 g/mol. The maximum atomic E-state index is 11.7. The Morgan fingerprint density at radius 2 is 2.22 bits per heavy atom. The van der Waals surface area contributed by atoms with Crippen LogP contribution in [0, 0.1) is 12.3 Å². The SMILES string of the molecule is C#CC(CCC)NC(=O)CCc1ccccc1N. The summed E-state index contributed by atoms with van der Waals surface area (Å²) in [6.07, 6.45) is 8.18. The van der Waals surface area contributed by atoms with E-state index in [2.05, 4.69) is 11.2 Å². The summed E-state index contributed by atoms with van der Waals surface area (Å²) in [4.78, 5) is 11.7. The number of nitrogens with two attached hydrogens (primary N) is 1. The van der Waals surface area contributed by atoms with Crippen LogP contribution in [-0.4, -0.2) is 11.9 Å². The summed E-state index contributed by atoms with van der Waals surface area (Å²) in [5.74, 6) is 2.57. The number of nitrogens with one attached hydrogen (secondary N) is 1. The van der Waals surface area contributed by atoms with Crippen LogP contribution in [0.1, 0.15) is 31.7 Å². The zero-order valence-electron chi connectivity index (χ0n) is 10.8. The first-order chi connectivity index (χ1) is 8.67. The third kappa shape index (κ3) is 4.50. The highest BCUT2D eigenvalue weighted by atomic mass is 16.1. The molecule has 0 heterocycles. The summed E-state index contributed by atoms with van der Waals surface area (Å²) in [7, 11) is 0. The quantitative estimate of drug-likeness (QED) is 0.595. The maximum absolute atomic E-state index is 11.7. The van der Waals surface area contributed by atoms with Crippen LogP contribution < -0.4 is 11.1 Å². The van der Waals surface area contributed by atoms with E-state index in [-0.39, 0.29) is 11.9 Å². The van der Waals surface area contributed by atoms with Crippen molar-refractivity contribution in [1.82, 2.24) is 5.32 Å². The van der Waals surface area contributed by atoms with Crippen LogP contribution in [-0.2, 0) is 11.2 Å². The Kier molecular flexibility index (Phi) is 5.79. The van der Waals surface area contributed by atoms with E-state index in [0.29, 0.717) is 12.8 Å². The third-order valence-electron chi connectivity index (χ3n) is 2.79. The fourth-order valence-electron chi connectivity index (χ4n) is 1.76. The second kappa shape index (κ2) is 7.39. The van der Waals surface area contributed by atoms with Gasteiger partial charge in [-0.2, -0.15) is 0 Å². The van der Waals surface area contributed by atoms with Crippen molar-refractivity contribution in [3.8, 4) is 12.3 Å². The molecule has 1 rings (SSSR count). The molecule has 18 heavy (non-hydrogen) atoms. The van der Waals surface area contributed by atoms with E-state index < -0.39 is 0 Å². The lowest BCUT2D eigenvalue weighted by Crippen LogP contribution is -2.33. The van der Waals surface area contributed by atoms with Crippen molar-refractivity contribution in [3.05, 3.63) is 29.8 Å². The molecule has 1 amide bonds. The molecule has 3 nitrogen and oxygen atoms in total. The lowest BCUT2D eigenvalue weighted by Gasteiger charge is -2.12. The van der Waals surface area contributed by atoms with Gasteiger partial charge in [0.15, 0.2) is 0 Å². The van der Waals surface area contributed by atoms with Crippen LogP contribution in [0.25, 0.3) is 0 Å². The van der Waals surface area contributed by atoms with E-state index in [0.717, 1.165) is 24.1 Å². The first kappa shape index (κ1) is 14.1. The van der Waals surface area contributed by atoms with Gasteiger partial charge in [-0.15, -0.1) is 6.42 Å². The van der Waals surface area contributed by atoms with Crippen molar-refractivity contribution in [2.75, 3.05) is 5.73 Å². The van der Waals surface area contributed by atoms with E-state index in [1.54, 1.807) is 0 Å². The topological polar surface area (TPSA) is 55.1 Å². The van der Waals surface area contributed by atoms with E-state index in [4.69, 9.17) is 12.2 Å². The molecule has 0 spiro atoms. The van der Waals surface area contributed by atoms with Gasteiger partial charge in [-0.25, -0.2) is 0 Å². The van der Waals surface area contributed by atoms with Crippen molar-refractivity contribution < 1.29 is 4.79 Å². The average molecular weight is 244 g/mol. The predicted octanol–water partition coefficient (Wildman–Crippen LogP) is 2.12. The van der Waals surface area contributed by atoms with Gasteiger partial charge >= 0.3 is 0 Å². The van der Waals surface area contributed by atoms with Crippen molar-refractivity contribution in [3.63, 3.8) is 0 Å². The number of benzene rings is 1. The zero-order valence-corrected chi connectivity index (χ0v) is 10.8. The van der Waals surface area contributed by atoms with E-state index in [9.17, 15) is 4.79 Å². The van der Waals surface area contributed by atoms with E-state index in [1.807, 2.05) is 31.2 Å². The minimum atomic E-state index is -0.157. The highest BCUT2D eigenvalue weighted by Gasteiger charge is 2.09. The zero-order chi connectivity index (χ0) is 13.4. The van der Waals surface area contributed by atoms with Gasteiger partial charge in [0.2, 0.25) is 5.91 Å². The number of amides is 1. The molecule has 0 fully saturated rings. The predicted molar refractivity (Wildman–Crippen MR) is 74.8 cm³/mol. The Bertz CT molecular complexity index is 434. The minimum absolute atomic E-state index is 0.0188. The molecule has 0 aliphatic carbocycles. The number of carbonyl (C=O) groups is 1. The van der Waals surface area contributed by atoms with E-state index in [1.165, 1.54) is 0 Å². The van der Waals surface area contributed by atoms with Crippen molar-refractivity contribution >= 4 is 11.6 Å². The van der Waals surface area contributed by atoms with Gasteiger partial charge in [0.25, 0.3) is 0 Å². The normalized spacial score (nSPS) is 11.6. The first-order valence-electron chi connectivity index (χ1n) is 6.26. The van der Waals surface area contributed by atoms with Crippen molar-refractivity contribution in [1.29, 1.82) is 0 Å². The number of para-hydroxylation sites is 1. The first-order valence-corrected chi connectivity index (χ1v) is 6.26. The van der Waals surface area contributed by atoms with Crippen molar-refractivity contribution in [2.45, 2.75) is 38.6 Å². The lowest BCUT2D eigenvalue weighted by molar-refractivity contribution is -0.121. The largest absolute Gasteiger partial charge is 0.399 e. The Labute approximate surface area is 109 Å². The summed E-state index contributed by atoms with van der Waals surface area (Å²) in [6.45, 7) is 2.04. The molecule has 0 radical (unpaired) electrons. The molecule has 0 aromatic heterocycles. The molecule has 0 aliphatic rings. The number of hydrogen-bond donors (Lipinski definition) is 2. The Morgan fingerprint density at radius 1 is 1.50 bits per heavy atom. The van der Waals surface area contributed by atoms with Gasteiger partial charge in [-0.05, 0) is 24.5 Å². The molecule has 96 valence electrons. The number of nitrogen functional groups attached to an aromatic ring is 1. The average Bonchev–Trinajstić information content (AvgIpc) is 2.37. The molecule has 3 heteroatoms. The van der Waals surface area contributed by atoms with Gasteiger partial charge in [-0.3, -0.25) is 4.79 Å². The summed E-state index contributed by atoms with van der Waals surface area (Å²) in [5.41, 5.74) is 7.55. The number of hydrogen-bond acceptors (Lipinski definition) is 2. The Morgan fingerprint density at radius 3 is 2.83 bits per heavy atom. The van der Waals surface area contributed by atoms with Crippen LogP contribution in [0.4, 0.5) is 5.69 Å². The highest BCUT2D eigenvalue weighted by molar-refractivity contribution is 5.77. The van der Waals surface area contributed by atoms with Crippen LogP contribution >= 0.6 is 0 Å². The van der Waals surface area contributed by atoms with Crippen LogP contribution in [0.3, 0.4) is 0 Å². The molecular formula is C15H20N2O. The summed E-state index contributed by atoms with van der Waals surface area (Å²) in [5, 5.41) is 2.84. The smallest absolute Gasteiger partial charge is 0.221 e. The summed E-state index contributed by atoms with van der Waals surface area (Å²) < 4.78 is 0. The van der Waals surface area contributed by atoms with E-state index >= 15 is 0 Å². The fourth-order valence-corrected chi connectivity index (χ4v) is 1.76. The van der Waals surface area contributed by atoms with Crippen LogP contribution in [0.2, 0.25) is 0 Å². The number of carbonyl (C=O) groups excluding carboxylic acids is 1. The molecule has 3 N–H and O–H groups in total. The maximum Gasteiger partial charge on any atom is 0.221 e. The molecule has 0 bridgehead atoms. The van der Waals surface area contributed by atoms with Crippen LogP contribution in [0.15, 0.2) is 24.3 Å². The fraction of sp³-hybridized carbons (Fsp3) is 0.400. The lowest BCUT2D eigenvalue weighted by atomic mass is 10.1. The summed E-state index contributed by atoms with van der Waals surface area (Å²) >= 11 is 0. The molecule has 0 saturated carbocycles. The number of anilines is 1. The molecule has 1 unspecified atom stereocenters. The molecule has 1 aromatic carbocycles. The van der Waals surface area contributed by atoms with Gasteiger partial charge in [0, 0.05) is 12.1 Å². The minimum Gasteiger partial charge on any atom is -0.399 e. The second-order valence-electron chi connectivity index (χ2n) is 4.27. The van der Waals surface area contributed by atoms with Gasteiger partial charge in [-0.1, -0.05) is 37.5 Å². The number of rotatable bonds is 6. The number of terminal acetylenes is 1. The molecule has 1 atom stereocenters. The van der Waals surface area contributed by atoms with Crippen molar-refractivity contribution in [2.24, 2.45) is 0 Å². The highest BCUT2D eigenvalue weighted by Crippen LogP contribution is 2.12. The standard InChI is InChI=1S/C15H20N2O/c1-3-7-13(4-2)17-15(18)11-10-12-8-5-6-9-14(12)16/h2,5-6,8-9,13H,3,7,10-11,16H2,1H3,(H,17,18). The van der Waals surface area contributed by atoms with Gasteiger partial charge < -0.3 is 11.1 Å². The van der Waals surface area contributed by atoms with Gasteiger partial charge in [0.05, 0.1) is 6.04 Å². The molecule has 0 aliphatic heterocycles. The molecule has 0 saturated heterocycles. The Balaban J connectivity index is 2.42. The molecular weight excluding hydrogens is 224 g/mol. The van der Waals surface area contributed by atoms with Crippen LogP contribution in [0.5, 0.6) is 0 Å². The molecule has 1 aromatic rings. The third-order valence-corrected chi connectivity index (χ3v) is 2.79. The Hall–Kier alpha value is -1.95. The van der Waals surface area contributed by atoms with Gasteiger partial charge in [0.1, 0.15) is 0 Å².